The molecule has 1 N–H and O–H groups in total. The van der Waals surface area contributed by atoms with Crippen molar-refractivity contribution in [2.45, 2.75) is 19.1 Å². The standard InChI is InChI=1S/C10H17N3OS/c1-4-14-10-5-9(12-7-13-10)11-6-8(2)15-3/h5,7-8H,4,6H2,1-3H3,(H,11,12,13). The maximum atomic E-state index is 5.28. The van der Waals surface area contributed by atoms with E-state index in [1.165, 1.54) is 6.33 Å². The summed E-state index contributed by atoms with van der Waals surface area (Å²) in [6.07, 6.45) is 3.61. The number of ether oxygens (including phenoxy) is 1. The van der Waals surface area contributed by atoms with E-state index in [-0.39, 0.29) is 0 Å². The first-order chi connectivity index (χ1) is 7.26. The lowest BCUT2D eigenvalue weighted by Gasteiger charge is -2.10. The second-order valence-electron chi connectivity index (χ2n) is 3.10. The Labute approximate surface area is 94.8 Å². The van der Waals surface area contributed by atoms with E-state index in [0.717, 1.165) is 12.4 Å². The van der Waals surface area contributed by atoms with Gasteiger partial charge in [-0.25, -0.2) is 9.97 Å². The third kappa shape index (κ3) is 4.38. The fraction of sp³-hybridized carbons (Fsp3) is 0.600. The Morgan fingerprint density at radius 1 is 1.53 bits per heavy atom. The van der Waals surface area contributed by atoms with Gasteiger partial charge in [0.15, 0.2) is 0 Å². The molecule has 0 bridgehead atoms. The van der Waals surface area contributed by atoms with Gasteiger partial charge in [0.1, 0.15) is 12.1 Å². The fourth-order valence-electron chi connectivity index (χ4n) is 0.995. The third-order valence-corrected chi connectivity index (χ3v) is 2.88. The van der Waals surface area contributed by atoms with Crippen molar-refractivity contribution in [2.75, 3.05) is 24.7 Å². The van der Waals surface area contributed by atoms with E-state index in [9.17, 15) is 0 Å². The molecule has 1 aromatic heterocycles. The number of hydrogen-bond donors (Lipinski definition) is 1. The average Bonchev–Trinajstić information content (AvgIpc) is 2.27. The molecule has 4 nitrogen and oxygen atoms in total. The maximum absolute atomic E-state index is 5.28. The monoisotopic (exact) mass is 227 g/mol. The van der Waals surface area contributed by atoms with Crippen LogP contribution < -0.4 is 10.1 Å². The smallest absolute Gasteiger partial charge is 0.218 e. The SMILES string of the molecule is CCOc1cc(NCC(C)SC)ncn1. The lowest BCUT2D eigenvalue weighted by molar-refractivity contribution is 0.326. The summed E-state index contributed by atoms with van der Waals surface area (Å²) in [5.41, 5.74) is 0. The highest BCUT2D eigenvalue weighted by atomic mass is 32.2. The summed E-state index contributed by atoms with van der Waals surface area (Å²) in [4.78, 5) is 8.11. The first-order valence-electron chi connectivity index (χ1n) is 4.97. The molecule has 0 aliphatic carbocycles. The highest BCUT2D eigenvalue weighted by Gasteiger charge is 2.01. The lowest BCUT2D eigenvalue weighted by atomic mass is 10.4. The molecule has 0 amide bonds. The normalized spacial score (nSPS) is 12.2. The van der Waals surface area contributed by atoms with Crippen LogP contribution in [0.15, 0.2) is 12.4 Å². The fourth-order valence-corrected chi connectivity index (χ4v) is 1.24. The zero-order valence-electron chi connectivity index (χ0n) is 9.36. The molecule has 0 saturated carbocycles. The predicted octanol–water partition coefficient (Wildman–Crippen LogP) is 2.04. The molecule has 0 fully saturated rings. The molecule has 1 heterocycles. The van der Waals surface area contributed by atoms with Gasteiger partial charge in [0.25, 0.3) is 0 Å². The number of nitrogens with zero attached hydrogens (tertiary/aromatic N) is 2. The molecule has 0 radical (unpaired) electrons. The zero-order chi connectivity index (χ0) is 11.1. The van der Waals surface area contributed by atoms with Gasteiger partial charge in [-0.2, -0.15) is 11.8 Å². The van der Waals surface area contributed by atoms with Crippen molar-refractivity contribution in [3.8, 4) is 5.88 Å². The largest absolute Gasteiger partial charge is 0.478 e. The van der Waals surface area contributed by atoms with Gasteiger partial charge in [0.05, 0.1) is 6.61 Å². The van der Waals surface area contributed by atoms with E-state index >= 15 is 0 Å². The van der Waals surface area contributed by atoms with Gasteiger partial charge in [-0.1, -0.05) is 6.92 Å². The highest BCUT2D eigenvalue weighted by Crippen LogP contribution is 2.12. The van der Waals surface area contributed by atoms with Crippen molar-refractivity contribution in [3.63, 3.8) is 0 Å². The van der Waals surface area contributed by atoms with Gasteiger partial charge in [-0.3, -0.25) is 0 Å². The predicted molar refractivity (Wildman–Crippen MR) is 64.7 cm³/mol. The summed E-state index contributed by atoms with van der Waals surface area (Å²) in [5, 5.41) is 3.81. The van der Waals surface area contributed by atoms with Crippen LogP contribution in [0.25, 0.3) is 0 Å². The van der Waals surface area contributed by atoms with Crippen LogP contribution in [0, 0.1) is 0 Å². The van der Waals surface area contributed by atoms with E-state index in [0.29, 0.717) is 17.7 Å². The highest BCUT2D eigenvalue weighted by molar-refractivity contribution is 7.99. The Morgan fingerprint density at radius 2 is 2.33 bits per heavy atom. The first-order valence-corrected chi connectivity index (χ1v) is 6.26. The minimum Gasteiger partial charge on any atom is -0.478 e. The second kappa shape index (κ2) is 6.50. The van der Waals surface area contributed by atoms with E-state index in [2.05, 4.69) is 28.5 Å². The molecule has 1 atom stereocenters. The van der Waals surface area contributed by atoms with Crippen LogP contribution in [0.5, 0.6) is 5.88 Å². The lowest BCUT2D eigenvalue weighted by Crippen LogP contribution is -2.13. The molecule has 1 rings (SSSR count). The van der Waals surface area contributed by atoms with Gasteiger partial charge in [0.2, 0.25) is 5.88 Å². The van der Waals surface area contributed by atoms with Crippen LogP contribution in [0.1, 0.15) is 13.8 Å². The minimum atomic E-state index is 0.565. The second-order valence-corrected chi connectivity index (χ2v) is 4.38. The number of rotatable bonds is 6. The molecule has 0 aromatic carbocycles. The van der Waals surface area contributed by atoms with Crippen LogP contribution >= 0.6 is 11.8 Å². The van der Waals surface area contributed by atoms with Crippen molar-refractivity contribution in [1.29, 1.82) is 0 Å². The summed E-state index contributed by atoms with van der Waals surface area (Å²) in [7, 11) is 0. The Morgan fingerprint density at radius 3 is 3.00 bits per heavy atom. The summed E-state index contributed by atoms with van der Waals surface area (Å²) in [6, 6.07) is 1.82. The molecule has 0 spiro atoms. The van der Waals surface area contributed by atoms with Gasteiger partial charge in [-0.05, 0) is 13.2 Å². The van der Waals surface area contributed by atoms with Crippen LogP contribution in [-0.2, 0) is 0 Å². The molecular weight excluding hydrogens is 210 g/mol. The van der Waals surface area contributed by atoms with E-state index in [1.807, 2.05) is 24.8 Å². The van der Waals surface area contributed by atoms with Crippen molar-refractivity contribution in [2.24, 2.45) is 0 Å². The number of aromatic nitrogens is 2. The molecule has 5 heteroatoms. The topological polar surface area (TPSA) is 47.0 Å². The Balaban J connectivity index is 2.50. The summed E-state index contributed by atoms with van der Waals surface area (Å²) < 4.78 is 5.28. The average molecular weight is 227 g/mol. The minimum absolute atomic E-state index is 0.565. The van der Waals surface area contributed by atoms with Crippen molar-refractivity contribution in [1.82, 2.24) is 9.97 Å². The summed E-state index contributed by atoms with van der Waals surface area (Å²) in [6.45, 7) is 5.62. The van der Waals surface area contributed by atoms with E-state index in [4.69, 9.17) is 4.74 Å². The zero-order valence-corrected chi connectivity index (χ0v) is 10.2. The summed E-state index contributed by atoms with van der Waals surface area (Å²) >= 11 is 1.82. The van der Waals surface area contributed by atoms with Crippen molar-refractivity contribution >= 4 is 17.6 Å². The van der Waals surface area contributed by atoms with Crippen molar-refractivity contribution in [3.05, 3.63) is 12.4 Å². The van der Waals surface area contributed by atoms with Gasteiger partial charge in [-0.15, -0.1) is 0 Å². The first kappa shape index (κ1) is 12.1. The van der Waals surface area contributed by atoms with Crippen LogP contribution in [-0.4, -0.2) is 34.6 Å². The molecule has 0 aliphatic heterocycles. The Kier molecular flexibility index (Phi) is 5.25. The van der Waals surface area contributed by atoms with Crippen LogP contribution in [0.2, 0.25) is 0 Å². The van der Waals surface area contributed by atoms with Crippen LogP contribution in [0.4, 0.5) is 5.82 Å². The Bertz CT molecular complexity index is 296. The molecule has 15 heavy (non-hydrogen) atoms. The van der Waals surface area contributed by atoms with E-state index < -0.39 is 0 Å². The number of anilines is 1. The quantitative estimate of drug-likeness (QED) is 0.806. The van der Waals surface area contributed by atoms with E-state index in [1.54, 1.807) is 0 Å². The molecule has 0 saturated heterocycles. The number of thioether (sulfide) groups is 1. The van der Waals surface area contributed by atoms with Gasteiger partial charge >= 0.3 is 0 Å². The van der Waals surface area contributed by atoms with Crippen LogP contribution in [0.3, 0.4) is 0 Å². The number of nitrogens with one attached hydrogen (secondary N) is 1. The maximum Gasteiger partial charge on any atom is 0.218 e. The molecule has 84 valence electrons. The molecule has 1 aromatic rings. The Hall–Kier alpha value is -0.970. The molecule has 1 unspecified atom stereocenters. The van der Waals surface area contributed by atoms with Crippen molar-refractivity contribution < 1.29 is 4.74 Å². The molecular formula is C10H17N3OS. The molecule has 0 aliphatic rings. The third-order valence-electron chi connectivity index (χ3n) is 1.91. The van der Waals surface area contributed by atoms with Gasteiger partial charge < -0.3 is 10.1 Å². The summed E-state index contributed by atoms with van der Waals surface area (Å²) in [5.74, 6) is 1.43. The van der Waals surface area contributed by atoms with Gasteiger partial charge in [0, 0.05) is 17.9 Å². The number of hydrogen-bond acceptors (Lipinski definition) is 5.